The minimum absolute atomic E-state index is 0.111. The second kappa shape index (κ2) is 10.2. The summed E-state index contributed by atoms with van der Waals surface area (Å²) in [6.07, 6.45) is 0.796. The zero-order valence-corrected chi connectivity index (χ0v) is 19.1. The van der Waals surface area contributed by atoms with E-state index in [1.807, 2.05) is 0 Å². The number of nitrogens with one attached hydrogen (secondary N) is 1. The highest BCUT2D eigenvalue weighted by Crippen LogP contribution is 2.32. The number of carbonyl (C=O) groups excluding carboxylic acids is 1. The maximum Gasteiger partial charge on any atom is 0.243 e. The molecule has 0 bridgehead atoms. The number of piperidine rings is 1. The first-order chi connectivity index (χ1) is 15.3. The molecule has 0 aromatic heterocycles. The van der Waals surface area contributed by atoms with Gasteiger partial charge in [0, 0.05) is 31.6 Å². The third-order valence-electron chi connectivity index (χ3n) is 5.50. The second-order valence-electron chi connectivity index (χ2n) is 7.38. The number of amides is 1. The zero-order valence-electron chi connectivity index (χ0n) is 18.3. The highest BCUT2D eigenvalue weighted by atomic mass is 32.2. The number of benzene rings is 2. The first-order valence-electron chi connectivity index (χ1n) is 10.1. The molecule has 2 aromatic carbocycles. The van der Waals surface area contributed by atoms with Crippen molar-refractivity contribution in [1.82, 2.24) is 9.62 Å². The van der Waals surface area contributed by atoms with E-state index in [1.165, 1.54) is 49.9 Å². The Balaban J connectivity index is 1.58. The molecular weight excluding hydrogens is 439 g/mol. The maximum absolute atomic E-state index is 13.8. The lowest BCUT2D eigenvalue weighted by Gasteiger charge is -2.30. The Morgan fingerprint density at radius 2 is 1.62 bits per heavy atom. The molecule has 1 fully saturated rings. The van der Waals surface area contributed by atoms with Crippen molar-refractivity contribution in [3.8, 4) is 17.2 Å². The highest BCUT2D eigenvalue weighted by molar-refractivity contribution is 7.89. The summed E-state index contributed by atoms with van der Waals surface area (Å²) >= 11 is 0. The van der Waals surface area contributed by atoms with Gasteiger partial charge in [0.25, 0.3) is 0 Å². The van der Waals surface area contributed by atoms with E-state index in [9.17, 15) is 17.6 Å². The molecule has 0 atom stereocenters. The fraction of sp³-hybridized carbons (Fsp3) is 0.409. The molecule has 1 aliphatic heterocycles. The van der Waals surface area contributed by atoms with Gasteiger partial charge in [-0.1, -0.05) is 6.07 Å². The molecule has 174 valence electrons. The summed E-state index contributed by atoms with van der Waals surface area (Å²) in [4.78, 5) is 12.6. The standard InChI is InChI=1S/C22H27FN2O6S/c1-29-19-6-4-15(12-18(19)23)14-24-22(26)16-8-10-25(11-9-16)32(27,28)17-5-7-20(30-2)21(13-17)31-3/h4-7,12-13,16H,8-11,14H2,1-3H3,(H,24,26). The van der Waals surface area contributed by atoms with Gasteiger partial charge in [-0.15, -0.1) is 0 Å². The summed E-state index contributed by atoms with van der Waals surface area (Å²) in [5.74, 6) is -0.0632. The zero-order chi connectivity index (χ0) is 23.3. The van der Waals surface area contributed by atoms with Crippen LogP contribution in [0.5, 0.6) is 17.2 Å². The Morgan fingerprint density at radius 1 is 1.00 bits per heavy atom. The number of halogens is 1. The van der Waals surface area contributed by atoms with Gasteiger partial charge in [0.05, 0.1) is 26.2 Å². The first-order valence-corrected chi connectivity index (χ1v) is 11.6. The molecule has 0 spiro atoms. The molecule has 0 aliphatic carbocycles. The lowest BCUT2D eigenvalue weighted by atomic mass is 9.97. The Hall–Kier alpha value is -2.85. The number of ether oxygens (including phenoxy) is 3. The van der Waals surface area contributed by atoms with Gasteiger partial charge in [-0.2, -0.15) is 4.31 Å². The predicted octanol–water partition coefficient (Wildman–Crippen LogP) is 2.57. The SMILES string of the molecule is COc1ccc(CNC(=O)C2CCN(S(=O)(=O)c3ccc(OC)c(OC)c3)CC2)cc1F. The minimum atomic E-state index is -3.72. The normalized spacial score (nSPS) is 15.2. The van der Waals surface area contributed by atoms with E-state index in [0.29, 0.717) is 29.9 Å². The van der Waals surface area contributed by atoms with Crippen molar-refractivity contribution in [3.63, 3.8) is 0 Å². The largest absolute Gasteiger partial charge is 0.494 e. The summed E-state index contributed by atoms with van der Waals surface area (Å²) in [5.41, 5.74) is 0.616. The highest BCUT2D eigenvalue weighted by Gasteiger charge is 2.32. The number of rotatable bonds is 8. The molecule has 1 amide bonds. The van der Waals surface area contributed by atoms with Crippen molar-refractivity contribution in [2.75, 3.05) is 34.4 Å². The molecule has 0 unspecified atom stereocenters. The Morgan fingerprint density at radius 3 is 2.22 bits per heavy atom. The van der Waals surface area contributed by atoms with Crippen molar-refractivity contribution in [2.45, 2.75) is 24.3 Å². The van der Waals surface area contributed by atoms with Crippen LogP contribution < -0.4 is 19.5 Å². The topological polar surface area (TPSA) is 94.2 Å². The smallest absolute Gasteiger partial charge is 0.243 e. The van der Waals surface area contributed by atoms with E-state index < -0.39 is 15.8 Å². The van der Waals surface area contributed by atoms with Gasteiger partial charge in [0.2, 0.25) is 15.9 Å². The van der Waals surface area contributed by atoms with Crippen molar-refractivity contribution in [3.05, 3.63) is 47.8 Å². The summed E-state index contributed by atoms with van der Waals surface area (Å²) in [7, 11) is 0.586. The summed E-state index contributed by atoms with van der Waals surface area (Å²) < 4.78 is 56.4. The number of hydrogen-bond donors (Lipinski definition) is 1. The van der Waals surface area contributed by atoms with E-state index in [0.717, 1.165) is 0 Å². The van der Waals surface area contributed by atoms with Gasteiger partial charge in [0.15, 0.2) is 23.1 Å². The van der Waals surface area contributed by atoms with E-state index >= 15 is 0 Å². The molecular formula is C22H27FN2O6S. The van der Waals surface area contributed by atoms with Gasteiger partial charge < -0.3 is 19.5 Å². The molecule has 0 saturated carbocycles. The lowest BCUT2D eigenvalue weighted by molar-refractivity contribution is -0.126. The van der Waals surface area contributed by atoms with Crippen LogP contribution >= 0.6 is 0 Å². The van der Waals surface area contributed by atoms with Gasteiger partial charge in [0.1, 0.15) is 0 Å². The van der Waals surface area contributed by atoms with Crippen LogP contribution in [0.4, 0.5) is 4.39 Å². The molecule has 3 rings (SSSR count). The molecule has 1 heterocycles. The number of sulfonamides is 1. The molecule has 1 saturated heterocycles. The number of hydrogen-bond acceptors (Lipinski definition) is 6. The third-order valence-corrected chi connectivity index (χ3v) is 7.40. The molecule has 0 radical (unpaired) electrons. The molecule has 2 aromatic rings. The van der Waals surface area contributed by atoms with Crippen LogP contribution in [0.2, 0.25) is 0 Å². The predicted molar refractivity (Wildman–Crippen MR) is 116 cm³/mol. The number of carbonyl (C=O) groups is 1. The van der Waals surface area contributed by atoms with Crippen LogP contribution in [0.1, 0.15) is 18.4 Å². The van der Waals surface area contributed by atoms with E-state index in [1.54, 1.807) is 12.1 Å². The lowest BCUT2D eigenvalue weighted by Crippen LogP contribution is -2.42. The van der Waals surface area contributed by atoms with Crippen molar-refractivity contribution < 1.29 is 31.8 Å². The summed E-state index contributed by atoms with van der Waals surface area (Å²) in [5, 5.41) is 2.80. The fourth-order valence-electron chi connectivity index (χ4n) is 3.64. The van der Waals surface area contributed by atoms with Gasteiger partial charge in [-0.25, -0.2) is 12.8 Å². The molecule has 8 nitrogen and oxygen atoms in total. The van der Waals surface area contributed by atoms with Crippen LogP contribution in [-0.4, -0.2) is 53.0 Å². The van der Waals surface area contributed by atoms with Gasteiger partial charge in [-0.3, -0.25) is 4.79 Å². The average Bonchev–Trinajstić information content (AvgIpc) is 2.82. The van der Waals surface area contributed by atoms with Crippen LogP contribution in [0.25, 0.3) is 0 Å². The first kappa shape index (κ1) is 23.8. The van der Waals surface area contributed by atoms with Crippen LogP contribution in [0, 0.1) is 11.7 Å². The fourth-order valence-corrected chi connectivity index (χ4v) is 5.12. The van der Waals surface area contributed by atoms with Gasteiger partial charge in [-0.05, 0) is 42.7 Å². The van der Waals surface area contributed by atoms with Crippen molar-refractivity contribution >= 4 is 15.9 Å². The van der Waals surface area contributed by atoms with E-state index in [4.69, 9.17) is 14.2 Å². The summed E-state index contributed by atoms with van der Waals surface area (Å²) in [6.45, 7) is 0.641. The van der Waals surface area contributed by atoms with E-state index in [-0.39, 0.29) is 42.1 Å². The molecule has 1 aliphatic rings. The maximum atomic E-state index is 13.8. The summed E-state index contributed by atoms with van der Waals surface area (Å²) in [6, 6.07) is 8.96. The molecule has 10 heteroatoms. The van der Waals surface area contributed by atoms with Crippen LogP contribution in [-0.2, 0) is 21.4 Å². The minimum Gasteiger partial charge on any atom is -0.494 e. The van der Waals surface area contributed by atoms with Crippen molar-refractivity contribution in [1.29, 1.82) is 0 Å². The van der Waals surface area contributed by atoms with Crippen molar-refractivity contribution in [2.24, 2.45) is 5.92 Å². The molecule has 32 heavy (non-hydrogen) atoms. The quantitative estimate of drug-likeness (QED) is 0.643. The monoisotopic (exact) mass is 466 g/mol. The third kappa shape index (κ3) is 5.13. The van der Waals surface area contributed by atoms with Crippen LogP contribution in [0.15, 0.2) is 41.3 Å². The Labute approximate surface area is 187 Å². The second-order valence-corrected chi connectivity index (χ2v) is 9.32. The van der Waals surface area contributed by atoms with E-state index in [2.05, 4.69) is 5.32 Å². The van der Waals surface area contributed by atoms with Gasteiger partial charge >= 0.3 is 0 Å². The molecule has 1 N–H and O–H groups in total. The number of methoxy groups -OCH3 is 3. The Kier molecular flexibility index (Phi) is 7.57. The van der Waals surface area contributed by atoms with Crippen LogP contribution in [0.3, 0.4) is 0 Å². The number of nitrogens with zero attached hydrogens (tertiary/aromatic N) is 1. The average molecular weight is 467 g/mol. The Bertz CT molecular complexity index is 1070.